The molecule has 0 aromatic rings. The lowest BCUT2D eigenvalue weighted by Gasteiger charge is -2.40. The largest absolute Gasteiger partial charge is 0.356 e. The number of carbonyl (C=O) groups is 1. The number of nitrogens with zero attached hydrogens (tertiary/aromatic N) is 1. The molecule has 1 fully saturated rings. The van der Waals surface area contributed by atoms with E-state index in [9.17, 15) is 4.79 Å². The first kappa shape index (κ1) is 13.0. The van der Waals surface area contributed by atoms with Gasteiger partial charge < -0.3 is 11.1 Å². The van der Waals surface area contributed by atoms with Gasteiger partial charge in [0.15, 0.2) is 0 Å². The highest BCUT2D eigenvalue weighted by molar-refractivity contribution is 5.76. The van der Waals surface area contributed by atoms with Gasteiger partial charge in [0.25, 0.3) is 0 Å². The van der Waals surface area contributed by atoms with Gasteiger partial charge in [-0.2, -0.15) is 5.26 Å². The Morgan fingerprint density at radius 2 is 2.19 bits per heavy atom. The standard InChI is InChI=1S/C12H21N3O/c13-7-2-1-3-8-15-11(16)9-12(10-14)5-4-6-12/h1-6,8-10,14H2,(H,15,16). The van der Waals surface area contributed by atoms with Crippen LogP contribution in [0.2, 0.25) is 0 Å². The molecule has 0 spiro atoms. The number of hydrogen-bond acceptors (Lipinski definition) is 3. The van der Waals surface area contributed by atoms with E-state index in [-0.39, 0.29) is 11.3 Å². The van der Waals surface area contributed by atoms with Crippen molar-refractivity contribution in [1.82, 2.24) is 5.32 Å². The molecule has 4 heteroatoms. The van der Waals surface area contributed by atoms with E-state index >= 15 is 0 Å². The third kappa shape index (κ3) is 3.82. The number of carbonyl (C=O) groups excluding carboxylic acids is 1. The molecule has 0 bridgehead atoms. The summed E-state index contributed by atoms with van der Waals surface area (Å²) in [5.41, 5.74) is 5.79. The van der Waals surface area contributed by atoms with Crippen molar-refractivity contribution in [3.05, 3.63) is 0 Å². The van der Waals surface area contributed by atoms with Gasteiger partial charge in [0.2, 0.25) is 5.91 Å². The summed E-state index contributed by atoms with van der Waals surface area (Å²) in [5.74, 6) is 0.113. The average Bonchev–Trinajstić information content (AvgIpc) is 2.23. The quantitative estimate of drug-likeness (QED) is 0.639. The number of rotatable bonds is 7. The predicted molar refractivity (Wildman–Crippen MR) is 62.4 cm³/mol. The van der Waals surface area contributed by atoms with Gasteiger partial charge in [-0.15, -0.1) is 0 Å². The molecule has 1 rings (SSSR count). The normalized spacial score (nSPS) is 17.2. The van der Waals surface area contributed by atoms with Gasteiger partial charge in [0, 0.05) is 19.4 Å². The summed E-state index contributed by atoms with van der Waals surface area (Å²) < 4.78 is 0. The van der Waals surface area contributed by atoms with E-state index < -0.39 is 0 Å². The lowest BCUT2D eigenvalue weighted by molar-refractivity contribution is -0.124. The SMILES string of the molecule is N#CCCCCNC(=O)CC1(CN)CCC1. The van der Waals surface area contributed by atoms with E-state index in [2.05, 4.69) is 11.4 Å². The fourth-order valence-corrected chi connectivity index (χ4v) is 2.09. The monoisotopic (exact) mass is 223 g/mol. The Morgan fingerprint density at radius 3 is 2.69 bits per heavy atom. The van der Waals surface area contributed by atoms with E-state index in [1.54, 1.807) is 0 Å². The zero-order valence-corrected chi connectivity index (χ0v) is 9.80. The van der Waals surface area contributed by atoms with Crippen LogP contribution in [0, 0.1) is 16.7 Å². The Kier molecular flexibility index (Phi) is 5.27. The van der Waals surface area contributed by atoms with E-state index in [0.29, 0.717) is 25.9 Å². The van der Waals surface area contributed by atoms with Crippen molar-refractivity contribution in [1.29, 1.82) is 5.26 Å². The van der Waals surface area contributed by atoms with Crippen LogP contribution in [0.1, 0.15) is 44.9 Å². The van der Waals surface area contributed by atoms with E-state index in [1.165, 1.54) is 6.42 Å². The number of nitriles is 1. The van der Waals surface area contributed by atoms with Gasteiger partial charge in [-0.1, -0.05) is 6.42 Å². The molecule has 0 heterocycles. The van der Waals surface area contributed by atoms with Crippen molar-refractivity contribution >= 4 is 5.91 Å². The van der Waals surface area contributed by atoms with Gasteiger partial charge in [-0.05, 0) is 37.6 Å². The van der Waals surface area contributed by atoms with Gasteiger partial charge >= 0.3 is 0 Å². The molecule has 0 atom stereocenters. The van der Waals surface area contributed by atoms with Gasteiger partial charge in [0.1, 0.15) is 0 Å². The first-order valence-electron chi connectivity index (χ1n) is 6.06. The van der Waals surface area contributed by atoms with Crippen LogP contribution in [0.3, 0.4) is 0 Å². The Labute approximate surface area is 97.2 Å². The van der Waals surface area contributed by atoms with Crippen LogP contribution in [-0.2, 0) is 4.79 Å². The van der Waals surface area contributed by atoms with E-state index in [1.807, 2.05) is 0 Å². The highest BCUT2D eigenvalue weighted by Crippen LogP contribution is 2.42. The summed E-state index contributed by atoms with van der Waals surface area (Å²) in [4.78, 5) is 11.6. The minimum atomic E-state index is 0.0940. The maximum atomic E-state index is 11.6. The molecule has 1 amide bonds. The third-order valence-electron chi connectivity index (χ3n) is 3.42. The molecule has 1 aliphatic rings. The number of hydrogen-bond donors (Lipinski definition) is 2. The average molecular weight is 223 g/mol. The molecule has 16 heavy (non-hydrogen) atoms. The first-order valence-corrected chi connectivity index (χ1v) is 6.06. The Morgan fingerprint density at radius 1 is 1.44 bits per heavy atom. The molecule has 1 aliphatic carbocycles. The van der Waals surface area contributed by atoms with Crippen LogP contribution in [-0.4, -0.2) is 19.0 Å². The number of amides is 1. The van der Waals surface area contributed by atoms with Crippen LogP contribution in [0.25, 0.3) is 0 Å². The smallest absolute Gasteiger partial charge is 0.220 e. The second-order valence-corrected chi connectivity index (χ2v) is 4.70. The zero-order valence-electron chi connectivity index (χ0n) is 9.80. The van der Waals surface area contributed by atoms with E-state index in [0.717, 1.165) is 25.7 Å². The molecule has 90 valence electrons. The lowest BCUT2D eigenvalue weighted by atomic mass is 9.66. The molecule has 3 N–H and O–H groups in total. The zero-order chi connectivity index (χ0) is 11.9. The molecular weight excluding hydrogens is 202 g/mol. The first-order chi connectivity index (χ1) is 7.72. The summed E-state index contributed by atoms with van der Waals surface area (Å²) in [6.07, 6.45) is 6.27. The molecule has 0 unspecified atom stereocenters. The minimum absolute atomic E-state index is 0.0940. The summed E-state index contributed by atoms with van der Waals surface area (Å²) in [5, 5.41) is 11.2. The fourth-order valence-electron chi connectivity index (χ4n) is 2.09. The summed E-state index contributed by atoms with van der Waals surface area (Å²) in [6, 6.07) is 2.09. The van der Waals surface area contributed by atoms with Crippen LogP contribution >= 0.6 is 0 Å². The summed E-state index contributed by atoms with van der Waals surface area (Å²) in [7, 11) is 0. The van der Waals surface area contributed by atoms with Crippen LogP contribution in [0.15, 0.2) is 0 Å². The van der Waals surface area contributed by atoms with Crippen LogP contribution < -0.4 is 11.1 Å². The van der Waals surface area contributed by atoms with E-state index in [4.69, 9.17) is 11.0 Å². The lowest BCUT2D eigenvalue weighted by Crippen LogP contribution is -2.42. The molecule has 0 radical (unpaired) electrons. The van der Waals surface area contributed by atoms with Gasteiger partial charge in [0.05, 0.1) is 6.07 Å². The minimum Gasteiger partial charge on any atom is -0.356 e. The Hall–Kier alpha value is -1.08. The van der Waals surface area contributed by atoms with Gasteiger partial charge in [-0.25, -0.2) is 0 Å². The fraction of sp³-hybridized carbons (Fsp3) is 0.833. The van der Waals surface area contributed by atoms with Crippen LogP contribution in [0.5, 0.6) is 0 Å². The molecule has 0 aromatic heterocycles. The number of unbranched alkanes of at least 4 members (excludes halogenated alkanes) is 2. The van der Waals surface area contributed by atoms with Crippen LogP contribution in [0.4, 0.5) is 0 Å². The molecule has 0 saturated heterocycles. The van der Waals surface area contributed by atoms with Crippen molar-refractivity contribution in [2.45, 2.75) is 44.9 Å². The molecule has 4 nitrogen and oxygen atoms in total. The predicted octanol–water partition coefficient (Wildman–Crippen LogP) is 1.32. The second-order valence-electron chi connectivity index (χ2n) is 4.70. The maximum absolute atomic E-state index is 11.6. The van der Waals surface area contributed by atoms with Gasteiger partial charge in [-0.3, -0.25) is 4.79 Å². The Balaban J connectivity index is 2.09. The van der Waals surface area contributed by atoms with Crippen molar-refractivity contribution in [2.24, 2.45) is 11.1 Å². The third-order valence-corrected chi connectivity index (χ3v) is 3.42. The van der Waals surface area contributed by atoms with Crippen molar-refractivity contribution in [3.8, 4) is 6.07 Å². The summed E-state index contributed by atoms with van der Waals surface area (Å²) >= 11 is 0. The highest BCUT2D eigenvalue weighted by atomic mass is 16.1. The highest BCUT2D eigenvalue weighted by Gasteiger charge is 2.37. The maximum Gasteiger partial charge on any atom is 0.220 e. The number of nitrogens with one attached hydrogen (secondary N) is 1. The Bertz CT molecular complexity index is 260. The van der Waals surface area contributed by atoms with Crippen molar-refractivity contribution in [2.75, 3.05) is 13.1 Å². The topological polar surface area (TPSA) is 78.9 Å². The summed E-state index contributed by atoms with van der Waals surface area (Å²) in [6.45, 7) is 1.30. The van der Waals surface area contributed by atoms with Crippen molar-refractivity contribution in [3.63, 3.8) is 0 Å². The number of nitrogens with two attached hydrogens (primary N) is 1. The molecule has 0 aliphatic heterocycles. The molecule has 0 aromatic carbocycles. The van der Waals surface area contributed by atoms with Crippen molar-refractivity contribution < 1.29 is 4.79 Å². The second kappa shape index (κ2) is 6.49. The molecular formula is C12H21N3O. The molecule has 1 saturated carbocycles.